The number of carbonyl (C=O) groups is 1. The minimum Gasteiger partial charge on any atom is -0.493 e. The van der Waals surface area contributed by atoms with E-state index >= 15 is 0 Å². The quantitative estimate of drug-likeness (QED) is 0.200. The van der Waals surface area contributed by atoms with Crippen LogP contribution in [0.3, 0.4) is 0 Å². The zero-order valence-corrected chi connectivity index (χ0v) is 23.7. The number of halogens is 3. The molecule has 0 aliphatic carbocycles. The summed E-state index contributed by atoms with van der Waals surface area (Å²) in [4.78, 5) is 20.4. The molecule has 4 aromatic carbocycles. The molecule has 1 amide bonds. The van der Waals surface area contributed by atoms with Crippen molar-refractivity contribution in [1.29, 1.82) is 0 Å². The Morgan fingerprint density at radius 1 is 0.821 bits per heavy atom. The lowest BCUT2D eigenvalue weighted by Gasteiger charge is -2.15. The highest BCUT2D eigenvalue weighted by atomic mass is 35.5. The van der Waals surface area contributed by atoms with Gasteiger partial charge in [-0.3, -0.25) is 9.69 Å². The molecule has 0 bridgehead atoms. The van der Waals surface area contributed by atoms with Crippen molar-refractivity contribution < 1.29 is 14.3 Å². The number of benzene rings is 4. The van der Waals surface area contributed by atoms with E-state index in [1.54, 1.807) is 60.5 Å². The van der Waals surface area contributed by atoms with Crippen molar-refractivity contribution >= 4 is 75.1 Å². The van der Waals surface area contributed by atoms with Crippen molar-refractivity contribution in [2.75, 3.05) is 12.0 Å². The van der Waals surface area contributed by atoms with Gasteiger partial charge in [0.1, 0.15) is 6.61 Å². The Morgan fingerprint density at radius 2 is 1.44 bits per heavy atom. The first-order valence-corrected chi connectivity index (χ1v) is 13.7. The lowest BCUT2D eigenvalue weighted by Crippen LogP contribution is -2.28. The molecule has 0 spiro atoms. The Hall–Kier alpha value is -3.42. The fourth-order valence-corrected chi connectivity index (χ4v) is 5.16. The Labute approximate surface area is 245 Å². The van der Waals surface area contributed by atoms with Crippen molar-refractivity contribution in [3.8, 4) is 11.5 Å². The number of hydrogen-bond donors (Lipinski definition) is 0. The van der Waals surface area contributed by atoms with Crippen LogP contribution in [0.15, 0.2) is 101 Å². The van der Waals surface area contributed by atoms with Crippen LogP contribution < -0.4 is 14.4 Å². The average molecular weight is 596 g/mol. The summed E-state index contributed by atoms with van der Waals surface area (Å²) in [5.41, 5.74) is 3.11. The Bertz CT molecular complexity index is 1550. The van der Waals surface area contributed by atoms with Crippen LogP contribution >= 0.6 is 46.6 Å². The van der Waals surface area contributed by atoms with E-state index < -0.39 is 0 Å². The lowest BCUT2D eigenvalue weighted by atomic mass is 10.1. The molecule has 0 N–H and O–H groups in total. The minimum absolute atomic E-state index is 0.197. The molecule has 0 saturated carbocycles. The molecule has 0 radical (unpaired) electrons. The first-order valence-electron chi connectivity index (χ1n) is 11.8. The van der Waals surface area contributed by atoms with Crippen molar-refractivity contribution in [1.82, 2.24) is 0 Å². The van der Waals surface area contributed by atoms with Gasteiger partial charge >= 0.3 is 0 Å². The number of aliphatic imine (C=N–C) groups is 1. The standard InChI is InChI=1S/C30H21Cl3N2O3S/c1-37-27-16-20(4-15-26(27)38-18-19-2-5-21(31)6-3-19)17-28-29(36)35(25-13-9-23(33)10-14-25)30(39-28)34-24-11-7-22(32)8-12-24/h2-17H,18H2,1H3/b28-17-,34-30?. The van der Waals surface area contributed by atoms with Gasteiger partial charge in [-0.05, 0) is 102 Å². The molecule has 5 rings (SSSR count). The predicted molar refractivity (Wildman–Crippen MR) is 162 cm³/mol. The van der Waals surface area contributed by atoms with Gasteiger partial charge in [0.25, 0.3) is 5.91 Å². The highest BCUT2D eigenvalue weighted by Crippen LogP contribution is 2.39. The second-order valence-corrected chi connectivity index (χ2v) is 10.7. The number of carbonyl (C=O) groups excluding carboxylic acids is 1. The molecule has 1 heterocycles. The summed E-state index contributed by atoms with van der Waals surface area (Å²) in [7, 11) is 1.58. The largest absolute Gasteiger partial charge is 0.493 e. The van der Waals surface area contributed by atoms with E-state index in [-0.39, 0.29) is 5.91 Å². The number of hydrogen-bond acceptors (Lipinski definition) is 5. The number of methoxy groups -OCH3 is 1. The van der Waals surface area contributed by atoms with Gasteiger partial charge in [0.15, 0.2) is 16.7 Å². The van der Waals surface area contributed by atoms with Crippen LogP contribution in [0.5, 0.6) is 11.5 Å². The summed E-state index contributed by atoms with van der Waals surface area (Å²) in [6.07, 6.45) is 1.81. The molecule has 9 heteroatoms. The van der Waals surface area contributed by atoms with Crippen LogP contribution in [-0.2, 0) is 11.4 Å². The minimum atomic E-state index is -0.197. The van der Waals surface area contributed by atoms with E-state index in [0.717, 1.165) is 11.1 Å². The molecule has 0 atom stereocenters. The van der Waals surface area contributed by atoms with Crippen molar-refractivity contribution in [2.45, 2.75) is 6.61 Å². The molecular weight excluding hydrogens is 575 g/mol. The smallest absolute Gasteiger partial charge is 0.271 e. The molecule has 196 valence electrons. The summed E-state index contributed by atoms with van der Waals surface area (Å²) in [5.74, 6) is 0.947. The van der Waals surface area contributed by atoms with Crippen molar-refractivity contribution in [3.05, 3.63) is 122 Å². The van der Waals surface area contributed by atoms with Gasteiger partial charge in [0.05, 0.1) is 23.4 Å². The number of ether oxygens (including phenoxy) is 2. The lowest BCUT2D eigenvalue weighted by molar-refractivity contribution is -0.113. The van der Waals surface area contributed by atoms with Gasteiger partial charge < -0.3 is 9.47 Å². The predicted octanol–water partition coefficient (Wildman–Crippen LogP) is 9.04. The highest BCUT2D eigenvalue weighted by Gasteiger charge is 2.34. The molecular formula is C30H21Cl3N2O3S. The zero-order chi connectivity index (χ0) is 27.4. The van der Waals surface area contributed by atoms with E-state index in [0.29, 0.717) is 54.6 Å². The number of amidine groups is 1. The first kappa shape index (κ1) is 27.2. The van der Waals surface area contributed by atoms with Gasteiger partial charge in [-0.15, -0.1) is 0 Å². The number of nitrogens with zero attached hydrogens (tertiary/aromatic N) is 2. The van der Waals surface area contributed by atoms with Crippen LogP contribution in [0.4, 0.5) is 11.4 Å². The van der Waals surface area contributed by atoms with Crippen molar-refractivity contribution in [3.63, 3.8) is 0 Å². The second-order valence-electron chi connectivity index (χ2n) is 8.42. The molecule has 1 fully saturated rings. The molecule has 0 unspecified atom stereocenters. The van der Waals surface area contributed by atoms with Crippen LogP contribution in [0.1, 0.15) is 11.1 Å². The molecule has 5 nitrogen and oxygen atoms in total. The fraction of sp³-hybridized carbons (Fsp3) is 0.0667. The van der Waals surface area contributed by atoms with Gasteiger partial charge in [-0.25, -0.2) is 4.99 Å². The molecule has 1 aliphatic rings. The van der Waals surface area contributed by atoms with Gasteiger partial charge in [-0.1, -0.05) is 53.0 Å². The number of anilines is 1. The van der Waals surface area contributed by atoms with Crippen LogP contribution in [0.2, 0.25) is 15.1 Å². The van der Waals surface area contributed by atoms with Crippen LogP contribution in [0.25, 0.3) is 6.08 Å². The Balaban J connectivity index is 1.43. The zero-order valence-electron chi connectivity index (χ0n) is 20.6. The maximum atomic E-state index is 13.6. The third kappa shape index (κ3) is 6.60. The van der Waals surface area contributed by atoms with E-state index in [1.807, 2.05) is 48.5 Å². The van der Waals surface area contributed by atoms with Gasteiger partial charge in [-0.2, -0.15) is 0 Å². The highest BCUT2D eigenvalue weighted by molar-refractivity contribution is 8.19. The fourth-order valence-electron chi connectivity index (χ4n) is 3.78. The SMILES string of the molecule is COc1cc(/C=C2\SC(=Nc3ccc(Cl)cc3)N(c3ccc(Cl)cc3)C2=O)ccc1OCc1ccc(Cl)cc1. The molecule has 39 heavy (non-hydrogen) atoms. The second kappa shape index (κ2) is 12.2. The number of amides is 1. The monoisotopic (exact) mass is 594 g/mol. The van der Waals surface area contributed by atoms with Crippen LogP contribution in [-0.4, -0.2) is 18.2 Å². The van der Waals surface area contributed by atoms with E-state index in [9.17, 15) is 4.79 Å². The summed E-state index contributed by atoms with van der Waals surface area (Å²) < 4.78 is 11.5. The Kier molecular flexibility index (Phi) is 8.48. The van der Waals surface area contributed by atoms with E-state index in [4.69, 9.17) is 49.3 Å². The third-order valence-corrected chi connectivity index (χ3v) is 7.46. The molecule has 0 aromatic heterocycles. The van der Waals surface area contributed by atoms with Gasteiger partial charge in [0.2, 0.25) is 0 Å². The van der Waals surface area contributed by atoms with E-state index in [1.165, 1.54) is 11.8 Å². The topological polar surface area (TPSA) is 51.1 Å². The summed E-state index contributed by atoms with van der Waals surface area (Å²) in [6, 6.07) is 27.2. The summed E-state index contributed by atoms with van der Waals surface area (Å²) in [6.45, 7) is 0.364. The summed E-state index contributed by atoms with van der Waals surface area (Å²) in [5, 5.41) is 2.38. The van der Waals surface area contributed by atoms with Crippen LogP contribution in [0, 0.1) is 0 Å². The Morgan fingerprint density at radius 3 is 2.08 bits per heavy atom. The summed E-state index contributed by atoms with van der Waals surface area (Å²) >= 11 is 19.4. The maximum absolute atomic E-state index is 13.6. The van der Waals surface area contributed by atoms with Crippen molar-refractivity contribution in [2.24, 2.45) is 4.99 Å². The normalized spacial score (nSPS) is 15.3. The third-order valence-electron chi connectivity index (χ3n) is 5.74. The first-order chi connectivity index (χ1) is 18.9. The molecule has 1 aliphatic heterocycles. The van der Waals surface area contributed by atoms with Gasteiger partial charge in [0, 0.05) is 15.1 Å². The number of thioether (sulfide) groups is 1. The van der Waals surface area contributed by atoms with E-state index in [2.05, 4.69) is 0 Å². The number of rotatable bonds is 7. The maximum Gasteiger partial charge on any atom is 0.271 e. The average Bonchev–Trinajstić information content (AvgIpc) is 3.24. The molecule has 1 saturated heterocycles. The molecule has 4 aromatic rings.